The monoisotopic (exact) mass is 380 g/mol. The lowest BCUT2D eigenvalue weighted by Crippen LogP contribution is -1.99. The third-order valence-corrected chi connectivity index (χ3v) is 5.22. The molecule has 0 fully saturated rings. The number of carbonyl (C=O) groups is 1. The quantitative estimate of drug-likeness (QED) is 0.540. The SMILES string of the molecule is COC(=O)c1nc2ccc3ncnc(Nc4ccc5c(c4)OCO5)c3c2s1. The van der Waals surface area contributed by atoms with E-state index in [0.717, 1.165) is 21.3 Å². The molecule has 1 aliphatic rings. The van der Waals surface area contributed by atoms with E-state index >= 15 is 0 Å². The normalized spacial score (nSPS) is 12.5. The van der Waals surface area contributed by atoms with E-state index < -0.39 is 5.97 Å². The van der Waals surface area contributed by atoms with E-state index in [1.165, 1.54) is 24.8 Å². The summed E-state index contributed by atoms with van der Waals surface area (Å²) in [7, 11) is 1.34. The number of hydrogen-bond acceptors (Lipinski definition) is 9. The van der Waals surface area contributed by atoms with Crippen molar-refractivity contribution in [3.05, 3.63) is 41.7 Å². The van der Waals surface area contributed by atoms with E-state index in [9.17, 15) is 4.79 Å². The lowest BCUT2D eigenvalue weighted by atomic mass is 10.2. The molecule has 134 valence electrons. The maximum absolute atomic E-state index is 11.9. The van der Waals surface area contributed by atoms with E-state index in [4.69, 9.17) is 14.2 Å². The molecule has 8 nitrogen and oxygen atoms in total. The van der Waals surface area contributed by atoms with E-state index in [1.54, 1.807) is 0 Å². The van der Waals surface area contributed by atoms with Crippen LogP contribution in [0.5, 0.6) is 11.5 Å². The Hall–Kier alpha value is -3.46. The molecule has 2 aromatic heterocycles. The minimum atomic E-state index is -0.466. The standard InChI is InChI=1S/C18H12N4O4S/c1-24-18(23)17-22-11-4-3-10-14(15(11)27-17)16(20-7-19-10)21-9-2-5-12-13(6-9)26-8-25-12/h2-7H,8H2,1H3,(H,19,20,21). The molecule has 0 bridgehead atoms. The van der Waals surface area contributed by atoms with Gasteiger partial charge in [0.05, 0.1) is 28.2 Å². The van der Waals surface area contributed by atoms with Crippen LogP contribution in [0, 0.1) is 0 Å². The van der Waals surface area contributed by atoms with Gasteiger partial charge in [0.1, 0.15) is 12.1 Å². The predicted molar refractivity (Wildman–Crippen MR) is 99.9 cm³/mol. The van der Waals surface area contributed by atoms with Crippen LogP contribution >= 0.6 is 11.3 Å². The fourth-order valence-electron chi connectivity index (χ4n) is 2.91. The molecular weight excluding hydrogens is 368 g/mol. The predicted octanol–water partition coefficient (Wildman–Crippen LogP) is 3.50. The number of ether oxygens (including phenoxy) is 3. The van der Waals surface area contributed by atoms with Gasteiger partial charge in [-0.3, -0.25) is 0 Å². The van der Waals surface area contributed by atoms with E-state index in [0.29, 0.717) is 22.8 Å². The van der Waals surface area contributed by atoms with Gasteiger partial charge in [-0.25, -0.2) is 19.7 Å². The molecule has 27 heavy (non-hydrogen) atoms. The van der Waals surface area contributed by atoms with Crippen molar-refractivity contribution in [2.45, 2.75) is 0 Å². The minimum Gasteiger partial charge on any atom is -0.464 e. The first-order valence-electron chi connectivity index (χ1n) is 8.02. The molecule has 0 radical (unpaired) electrons. The fourth-order valence-corrected chi connectivity index (χ4v) is 3.94. The summed E-state index contributed by atoms with van der Waals surface area (Å²) in [6.07, 6.45) is 1.49. The van der Waals surface area contributed by atoms with Gasteiger partial charge in [0, 0.05) is 11.8 Å². The number of anilines is 2. The molecule has 0 saturated heterocycles. The van der Waals surface area contributed by atoms with Crippen molar-refractivity contribution in [3.8, 4) is 11.5 Å². The van der Waals surface area contributed by atoms with Gasteiger partial charge in [-0.15, -0.1) is 11.3 Å². The number of esters is 1. The topological polar surface area (TPSA) is 95.5 Å². The highest BCUT2D eigenvalue weighted by Gasteiger charge is 2.18. The zero-order chi connectivity index (χ0) is 18.4. The van der Waals surface area contributed by atoms with Crippen LogP contribution in [0.3, 0.4) is 0 Å². The Morgan fingerprint density at radius 1 is 1.15 bits per heavy atom. The number of rotatable bonds is 3. The van der Waals surface area contributed by atoms with Gasteiger partial charge in [0.25, 0.3) is 0 Å². The number of aromatic nitrogens is 3. The van der Waals surface area contributed by atoms with Crippen molar-refractivity contribution in [2.75, 3.05) is 19.2 Å². The van der Waals surface area contributed by atoms with Gasteiger partial charge < -0.3 is 19.5 Å². The van der Waals surface area contributed by atoms with E-state index in [1.807, 2.05) is 30.3 Å². The van der Waals surface area contributed by atoms with Crippen LogP contribution < -0.4 is 14.8 Å². The van der Waals surface area contributed by atoms with Crippen molar-refractivity contribution < 1.29 is 19.0 Å². The second-order valence-electron chi connectivity index (χ2n) is 5.73. The van der Waals surface area contributed by atoms with Crippen LogP contribution in [0.2, 0.25) is 0 Å². The summed E-state index contributed by atoms with van der Waals surface area (Å²) in [4.78, 5) is 24.9. The Morgan fingerprint density at radius 2 is 2.00 bits per heavy atom. The summed E-state index contributed by atoms with van der Waals surface area (Å²) >= 11 is 1.25. The van der Waals surface area contributed by atoms with Gasteiger partial charge >= 0.3 is 5.97 Å². The number of benzene rings is 2. The first-order valence-corrected chi connectivity index (χ1v) is 8.84. The van der Waals surface area contributed by atoms with Crippen LogP contribution in [0.15, 0.2) is 36.7 Å². The third-order valence-electron chi connectivity index (χ3n) is 4.15. The lowest BCUT2D eigenvalue weighted by Gasteiger charge is -2.09. The van der Waals surface area contributed by atoms with Crippen LogP contribution in [0.4, 0.5) is 11.5 Å². The number of nitrogens with zero attached hydrogens (tertiary/aromatic N) is 3. The highest BCUT2D eigenvalue weighted by atomic mass is 32.1. The third kappa shape index (κ3) is 2.59. The molecule has 0 aliphatic carbocycles. The molecule has 3 heterocycles. The Balaban J connectivity index is 1.65. The lowest BCUT2D eigenvalue weighted by molar-refractivity contribution is 0.0600. The minimum absolute atomic E-state index is 0.215. The molecule has 0 amide bonds. The van der Waals surface area contributed by atoms with Gasteiger partial charge in [-0.1, -0.05) is 0 Å². The van der Waals surface area contributed by atoms with Gasteiger partial charge in [-0.2, -0.15) is 0 Å². The summed E-state index contributed by atoms with van der Waals surface area (Å²) in [6, 6.07) is 9.26. The number of hydrogen-bond donors (Lipinski definition) is 1. The Morgan fingerprint density at radius 3 is 2.89 bits per heavy atom. The van der Waals surface area contributed by atoms with E-state index in [2.05, 4.69) is 20.3 Å². The zero-order valence-corrected chi connectivity index (χ0v) is 14.9. The number of thiazole rings is 1. The van der Waals surface area contributed by atoms with Gasteiger partial charge in [0.15, 0.2) is 11.5 Å². The van der Waals surface area contributed by atoms with Gasteiger partial charge in [-0.05, 0) is 24.3 Å². The number of carbonyl (C=O) groups excluding carboxylic acids is 1. The van der Waals surface area contributed by atoms with Crippen molar-refractivity contribution in [2.24, 2.45) is 0 Å². The van der Waals surface area contributed by atoms with Crippen molar-refractivity contribution in [1.29, 1.82) is 0 Å². The van der Waals surface area contributed by atoms with Crippen LogP contribution in [-0.4, -0.2) is 34.8 Å². The molecule has 5 rings (SSSR count). The molecule has 0 unspecified atom stereocenters. The van der Waals surface area contributed by atoms with Crippen molar-refractivity contribution in [1.82, 2.24) is 15.0 Å². The second kappa shape index (κ2) is 6.06. The molecule has 1 aliphatic heterocycles. The molecule has 1 N–H and O–H groups in total. The van der Waals surface area contributed by atoms with Crippen molar-refractivity contribution in [3.63, 3.8) is 0 Å². The highest BCUT2D eigenvalue weighted by Crippen LogP contribution is 2.37. The molecule has 0 spiro atoms. The van der Waals surface area contributed by atoms with Crippen molar-refractivity contribution >= 4 is 49.9 Å². The zero-order valence-electron chi connectivity index (χ0n) is 14.1. The molecule has 2 aromatic carbocycles. The summed E-state index contributed by atoms with van der Waals surface area (Å²) in [6.45, 7) is 0.215. The molecular formula is C18H12N4O4S. The smallest absolute Gasteiger partial charge is 0.367 e. The summed E-state index contributed by atoms with van der Waals surface area (Å²) in [5, 5.41) is 4.38. The first-order chi connectivity index (χ1) is 13.2. The average Bonchev–Trinajstić information content (AvgIpc) is 3.33. The maximum atomic E-state index is 11.9. The average molecular weight is 380 g/mol. The maximum Gasteiger partial charge on any atom is 0.367 e. The molecule has 4 aromatic rings. The largest absolute Gasteiger partial charge is 0.464 e. The van der Waals surface area contributed by atoms with Crippen LogP contribution in [-0.2, 0) is 4.74 Å². The van der Waals surface area contributed by atoms with Gasteiger partial charge in [0.2, 0.25) is 11.8 Å². The van der Waals surface area contributed by atoms with Crippen LogP contribution in [0.1, 0.15) is 9.80 Å². The molecule has 0 saturated carbocycles. The second-order valence-corrected chi connectivity index (χ2v) is 6.73. The highest BCUT2D eigenvalue weighted by molar-refractivity contribution is 7.21. The summed E-state index contributed by atoms with van der Waals surface area (Å²) < 4.78 is 16.4. The number of nitrogens with one attached hydrogen (secondary N) is 1. The fraction of sp³-hybridized carbons (Fsp3) is 0.111. The Labute approximate surface area is 156 Å². The van der Waals surface area contributed by atoms with E-state index in [-0.39, 0.29) is 11.8 Å². The Bertz CT molecular complexity index is 1210. The number of methoxy groups -OCH3 is 1. The van der Waals surface area contributed by atoms with Crippen LogP contribution in [0.25, 0.3) is 21.1 Å². The first kappa shape index (κ1) is 15.8. The molecule has 0 atom stereocenters. The summed E-state index contributed by atoms with van der Waals surface area (Å²) in [5.41, 5.74) is 2.24. The molecule has 9 heteroatoms. The summed E-state index contributed by atoms with van der Waals surface area (Å²) in [5.74, 6) is 1.53. The number of fused-ring (bicyclic) bond motifs is 4. The Kier molecular flexibility index (Phi) is 3.54.